The molecule has 2 rings (SSSR count). The lowest BCUT2D eigenvalue weighted by Gasteiger charge is -2.39. The van der Waals surface area contributed by atoms with Crippen molar-refractivity contribution in [3.63, 3.8) is 0 Å². The Labute approximate surface area is 124 Å². The Hall–Kier alpha value is -1.31. The van der Waals surface area contributed by atoms with Crippen LogP contribution in [0.2, 0.25) is 0 Å². The van der Waals surface area contributed by atoms with E-state index in [1.54, 1.807) is 0 Å². The molecule has 1 unspecified atom stereocenters. The molecule has 1 aliphatic carbocycles. The van der Waals surface area contributed by atoms with Crippen molar-refractivity contribution < 1.29 is 0 Å². The maximum absolute atomic E-state index is 4.30. The molecule has 1 heterocycles. The van der Waals surface area contributed by atoms with E-state index >= 15 is 0 Å². The molecule has 0 aromatic carbocycles. The average Bonchev–Trinajstić information content (AvgIpc) is 2.40. The number of aliphatic imine (C=N–C) groups is 1. The summed E-state index contributed by atoms with van der Waals surface area (Å²) in [5, 5.41) is 0. The second-order valence-electron chi connectivity index (χ2n) is 7.26. The van der Waals surface area contributed by atoms with Crippen LogP contribution >= 0.6 is 0 Å². The van der Waals surface area contributed by atoms with Gasteiger partial charge in [0.25, 0.3) is 0 Å². The van der Waals surface area contributed by atoms with Gasteiger partial charge in [-0.05, 0) is 62.8 Å². The summed E-state index contributed by atoms with van der Waals surface area (Å²) in [4.78, 5) is 6.68. The van der Waals surface area contributed by atoms with Crippen molar-refractivity contribution >= 4 is 6.72 Å². The Morgan fingerprint density at radius 3 is 2.55 bits per heavy atom. The van der Waals surface area contributed by atoms with E-state index in [1.165, 1.54) is 29.0 Å². The Balaban J connectivity index is 2.26. The topological polar surface area (TPSA) is 15.6 Å². The highest BCUT2D eigenvalue weighted by molar-refractivity contribution is 5.35. The summed E-state index contributed by atoms with van der Waals surface area (Å²) >= 11 is 0. The predicted octanol–water partition coefficient (Wildman–Crippen LogP) is 4.91. The predicted molar refractivity (Wildman–Crippen MR) is 87.6 cm³/mol. The van der Waals surface area contributed by atoms with Gasteiger partial charge in [0, 0.05) is 18.4 Å². The van der Waals surface area contributed by atoms with Crippen LogP contribution in [0.4, 0.5) is 0 Å². The Morgan fingerprint density at radius 1 is 1.30 bits per heavy atom. The van der Waals surface area contributed by atoms with E-state index in [2.05, 4.69) is 63.5 Å². The molecule has 20 heavy (non-hydrogen) atoms. The van der Waals surface area contributed by atoms with Crippen molar-refractivity contribution in [3.05, 3.63) is 34.8 Å². The fourth-order valence-electron chi connectivity index (χ4n) is 3.06. The lowest BCUT2D eigenvalue weighted by Crippen LogP contribution is -2.31. The van der Waals surface area contributed by atoms with Crippen LogP contribution in [-0.4, -0.2) is 18.2 Å². The van der Waals surface area contributed by atoms with E-state index in [0.29, 0.717) is 5.41 Å². The van der Waals surface area contributed by atoms with Crippen LogP contribution in [0.15, 0.2) is 39.8 Å². The van der Waals surface area contributed by atoms with E-state index in [0.717, 1.165) is 25.3 Å². The van der Waals surface area contributed by atoms with Crippen LogP contribution in [0.25, 0.3) is 0 Å². The molecule has 0 radical (unpaired) electrons. The molecule has 0 aromatic rings. The zero-order valence-corrected chi connectivity index (χ0v) is 13.7. The Kier molecular flexibility index (Phi) is 4.22. The van der Waals surface area contributed by atoms with Crippen molar-refractivity contribution in [2.45, 2.75) is 53.9 Å². The summed E-state index contributed by atoms with van der Waals surface area (Å²) in [5.74, 6) is 0.726. The van der Waals surface area contributed by atoms with Crippen LogP contribution in [0.1, 0.15) is 53.9 Å². The molecule has 0 N–H and O–H groups in total. The fourth-order valence-corrected chi connectivity index (χ4v) is 3.06. The van der Waals surface area contributed by atoms with Gasteiger partial charge in [-0.25, -0.2) is 0 Å². The van der Waals surface area contributed by atoms with Crippen molar-refractivity contribution in [2.75, 3.05) is 6.54 Å². The van der Waals surface area contributed by atoms with Gasteiger partial charge >= 0.3 is 0 Å². The van der Waals surface area contributed by atoms with Crippen LogP contribution in [0.5, 0.6) is 0 Å². The van der Waals surface area contributed by atoms with E-state index in [4.69, 9.17) is 0 Å². The van der Waals surface area contributed by atoms with Gasteiger partial charge in [-0.1, -0.05) is 26.3 Å². The number of rotatable bonds is 2. The third-order valence-corrected chi connectivity index (χ3v) is 4.85. The first-order chi connectivity index (χ1) is 9.32. The summed E-state index contributed by atoms with van der Waals surface area (Å²) in [7, 11) is 0. The molecule has 2 aliphatic rings. The minimum atomic E-state index is 0.359. The number of nitrogens with zero attached hydrogens (tertiary/aromatic N) is 2. The zero-order chi connectivity index (χ0) is 14.9. The summed E-state index contributed by atoms with van der Waals surface area (Å²) in [6.45, 7) is 16.2. The minimum Gasteiger partial charge on any atom is -0.346 e. The molecule has 2 nitrogen and oxygen atoms in total. The number of hydrogen-bond acceptors (Lipinski definition) is 2. The second kappa shape index (κ2) is 5.59. The normalized spacial score (nSPS) is 24.4. The largest absolute Gasteiger partial charge is 0.346 e. The second-order valence-corrected chi connectivity index (χ2v) is 7.26. The smallest absolute Gasteiger partial charge is 0.0590 e. The summed E-state index contributed by atoms with van der Waals surface area (Å²) in [6.07, 6.45) is 7.84. The first kappa shape index (κ1) is 15.1. The first-order valence-electron chi connectivity index (χ1n) is 7.63. The molecule has 0 aromatic heterocycles. The Morgan fingerprint density at radius 2 is 2.00 bits per heavy atom. The lowest BCUT2D eigenvalue weighted by molar-refractivity contribution is 0.200. The van der Waals surface area contributed by atoms with E-state index in [1.807, 2.05) is 0 Å². The molecule has 110 valence electrons. The SMILES string of the molecule is C=NC1=C(N2C=CC(C)=C(C)C2)CC(C(C)(C)C)CC1. The molecular formula is C18H28N2. The molecule has 0 amide bonds. The highest BCUT2D eigenvalue weighted by atomic mass is 15.1. The van der Waals surface area contributed by atoms with E-state index in [9.17, 15) is 0 Å². The van der Waals surface area contributed by atoms with Crippen LogP contribution in [-0.2, 0) is 0 Å². The Bertz CT molecular complexity index is 486. The van der Waals surface area contributed by atoms with Gasteiger partial charge in [-0.3, -0.25) is 4.99 Å². The molecule has 1 atom stereocenters. The maximum Gasteiger partial charge on any atom is 0.0590 e. The van der Waals surface area contributed by atoms with Gasteiger partial charge in [0.1, 0.15) is 0 Å². The third kappa shape index (κ3) is 3.05. The molecule has 0 saturated carbocycles. The van der Waals surface area contributed by atoms with Gasteiger partial charge in [-0.2, -0.15) is 0 Å². The summed E-state index contributed by atoms with van der Waals surface area (Å²) in [6, 6.07) is 0. The van der Waals surface area contributed by atoms with Crippen molar-refractivity contribution in [3.8, 4) is 0 Å². The van der Waals surface area contributed by atoms with E-state index < -0.39 is 0 Å². The first-order valence-corrected chi connectivity index (χ1v) is 7.63. The summed E-state index contributed by atoms with van der Waals surface area (Å²) in [5.41, 5.74) is 5.77. The molecule has 0 fully saturated rings. The molecule has 0 spiro atoms. The molecular weight excluding hydrogens is 244 g/mol. The molecule has 0 bridgehead atoms. The quantitative estimate of drug-likeness (QED) is 0.652. The minimum absolute atomic E-state index is 0.359. The van der Waals surface area contributed by atoms with E-state index in [-0.39, 0.29) is 0 Å². The van der Waals surface area contributed by atoms with Crippen molar-refractivity contribution in [1.82, 2.24) is 4.90 Å². The van der Waals surface area contributed by atoms with Gasteiger partial charge in [-0.15, -0.1) is 0 Å². The highest BCUT2D eigenvalue weighted by Gasteiger charge is 2.31. The molecule has 1 aliphatic heterocycles. The number of hydrogen-bond donors (Lipinski definition) is 0. The number of allylic oxidation sites excluding steroid dienone is 4. The molecule has 0 saturated heterocycles. The van der Waals surface area contributed by atoms with Gasteiger partial charge in [0.15, 0.2) is 0 Å². The standard InChI is InChI=1S/C18H28N2/c1-13-9-10-20(12-14(13)2)17-11-15(18(3,4)5)7-8-16(17)19-6/h9-10,15H,6-8,11-12H2,1-5H3. The van der Waals surface area contributed by atoms with Crippen molar-refractivity contribution in [1.29, 1.82) is 0 Å². The summed E-state index contributed by atoms with van der Waals surface area (Å²) < 4.78 is 0. The molecule has 2 heteroatoms. The van der Waals surface area contributed by atoms with Gasteiger partial charge in [0.05, 0.1) is 5.70 Å². The fraction of sp³-hybridized carbons (Fsp3) is 0.611. The monoisotopic (exact) mass is 272 g/mol. The average molecular weight is 272 g/mol. The van der Waals surface area contributed by atoms with Crippen LogP contribution < -0.4 is 0 Å². The van der Waals surface area contributed by atoms with Gasteiger partial charge < -0.3 is 4.90 Å². The van der Waals surface area contributed by atoms with Gasteiger partial charge in [0.2, 0.25) is 0 Å². The zero-order valence-electron chi connectivity index (χ0n) is 13.7. The lowest BCUT2D eigenvalue weighted by atomic mass is 9.72. The van der Waals surface area contributed by atoms with Crippen LogP contribution in [0, 0.1) is 11.3 Å². The van der Waals surface area contributed by atoms with Crippen molar-refractivity contribution in [2.24, 2.45) is 16.3 Å². The highest BCUT2D eigenvalue weighted by Crippen LogP contribution is 2.42. The maximum atomic E-state index is 4.30. The van der Waals surface area contributed by atoms with Crippen LogP contribution in [0.3, 0.4) is 0 Å². The third-order valence-electron chi connectivity index (χ3n) is 4.85.